The van der Waals surface area contributed by atoms with Gasteiger partial charge in [0.15, 0.2) is 0 Å². The fraction of sp³-hybridized carbons (Fsp3) is 0.118. The third kappa shape index (κ3) is 3.42. The first-order valence-electron chi connectivity index (χ1n) is 7.49. The summed E-state index contributed by atoms with van der Waals surface area (Å²) in [6.45, 7) is -0.291. The number of thiocarbonyl (C=S) groups is 1. The number of carboxylic acid groups (broad SMARTS) is 1. The first kappa shape index (κ1) is 18.0. The molecule has 1 N–H and O–H groups in total. The molecule has 0 saturated carbocycles. The minimum atomic E-state index is -1.07. The number of aliphatic carboxylic acids is 1. The van der Waals surface area contributed by atoms with E-state index in [1.807, 2.05) is 0 Å². The molecule has 2 aromatic carbocycles. The number of nitro benzene ring substituents is 1. The van der Waals surface area contributed by atoms with Crippen molar-refractivity contribution in [2.24, 2.45) is 4.99 Å². The summed E-state index contributed by atoms with van der Waals surface area (Å²) in [4.78, 5) is 28.1. The summed E-state index contributed by atoms with van der Waals surface area (Å²) in [5.41, 5.74) is 1.75. The van der Waals surface area contributed by atoms with Gasteiger partial charge in [0, 0.05) is 28.3 Å². The van der Waals surface area contributed by atoms with Crippen LogP contribution in [0.25, 0.3) is 0 Å². The van der Waals surface area contributed by atoms with E-state index in [0.29, 0.717) is 32.5 Å². The molecule has 0 bridgehead atoms. The minimum absolute atomic E-state index is 0.0750. The SMILES string of the molecule is O=C(O)CN1C(=S)CN=C(c2ccccc2Cl)c2cc([N+](=O)[O-])ccc21. The highest BCUT2D eigenvalue weighted by Crippen LogP contribution is 2.32. The Morgan fingerprint density at radius 2 is 2.04 bits per heavy atom. The van der Waals surface area contributed by atoms with Crippen LogP contribution in [-0.2, 0) is 4.79 Å². The number of benzodiazepines with no additional fused rings is 1. The Labute approximate surface area is 158 Å². The number of carboxylic acids is 1. The van der Waals surface area contributed by atoms with Crippen LogP contribution in [0.15, 0.2) is 47.5 Å². The molecule has 1 aliphatic heterocycles. The van der Waals surface area contributed by atoms with E-state index in [-0.39, 0.29) is 18.8 Å². The summed E-state index contributed by atoms with van der Waals surface area (Å²) in [6.07, 6.45) is 0. The smallest absolute Gasteiger partial charge is 0.323 e. The fourth-order valence-electron chi connectivity index (χ4n) is 2.71. The van der Waals surface area contributed by atoms with Crippen molar-refractivity contribution in [3.63, 3.8) is 0 Å². The molecule has 0 aromatic heterocycles. The molecule has 3 rings (SSSR count). The second kappa shape index (κ2) is 7.19. The van der Waals surface area contributed by atoms with Gasteiger partial charge in [-0.05, 0) is 12.1 Å². The van der Waals surface area contributed by atoms with E-state index in [1.165, 1.54) is 23.1 Å². The highest BCUT2D eigenvalue weighted by molar-refractivity contribution is 7.80. The topological polar surface area (TPSA) is 96.0 Å². The Morgan fingerprint density at radius 3 is 2.69 bits per heavy atom. The lowest BCUT2D eigenvalue weighted by atomic mass is 9.99. The number of hydrogen-bond acceptors (Lipinski definition) is 5. The Kier molecular flexibility index (Phi) is 4.97. The largest absolute Gasteiger partial charge is 0.480 e. The molecular weight excluding hydrogens is 378 g/mol. The molecule has 0 amide bonds. The third-order valence-corrected chi connectivity index (χ3v) is 4.51. The van der Waals surface area contributed by atoms with Crippen molar-refractivity contribution in [1.29, 1.82) is 0 Å². The van der Waals surface area contributed by atoms with Crippen LogP contribution in [0.5, 0.6) is 0 Å². The maximum absolute atomic E-state index is 11.2. The normalized spacial score (nSPS) is 13.7. The van der Waals surface area contributed by atoms with E-state index in [0.717, 1.165) is 0 Å². The van der Waals surface area contributed by atoms with Gasteiger partial charge in [-0.15, -0.1) is 0 Å². The molecule has 0 radical (unpaired) electrons. The fourth-order valence-corrected chi connectivity index (χ4v) is 3.16. The van der Waals surface area contributed by atoms with Crippen LogP contribution in [0, 0.1) is 10.1 Å². The number of nitrogens with zero attached hydrogens (tertiary/aromatic N) is 3. The van der Waals surface area contributed by atoms with Crippen molar-refractivity contribution in [2.45, 2.75) is 0 Å². The average molecular weight is 390 g/mol. The zero-order valence-corrected chi connectivity index (χ0v) is 14.8. The van der Waals surface area contributed by atoms with Gasteiger partial charge in [0.2, 0.25) is 0 Å². The predicted octanol–water partition coefficient (Wildman–Crippen LogP) is 3.32. The molecule has 0 atom stereocenters. The highest BCUT2D eigenvalue weighted by Gasteiger charge is 2.27. The van der Waals surface area contributed by atoms with Crippen molar-refractivity contribution in [2.75, 3.05) is 18.0 Å². The molecule has 2 aromatic rings. The summed E-state index contributed by atoms with van der Waals surface area (Å²) in [5, 5.41) is 20.8. The molecule has 9 heteroatoms. The van der Waals surface area contributed by atoms with Crippen LogP contribution < -0.4 is 4.90 Å². The van der Waals surface area contributed by atoms with Gasteiger partial charge in [0.25, 0.3) is 5.69 Å². The number of nitro groups is 1. The van der Waals surface area contributed by atoms with Crippen molar-refractivity contribution in [3.05, 3.63) is 68.7 Å². The Balaban J connectivity index is 2.25. The van der Waals surface area contributed by atoms with Crippen molar-refractivity contribution < 1.29 is 14.8 Å². The van der Waals surface area contributed by atoms with Crippen molar-refractivity contribution in [3.8, 4) is 0 Å². The van der Waals surface area contributed by atoms with Gasteiger partial charge < -0.3 is 10.0 Å². The molecule has 1 aliphatic rings. The summed E-state index contributed by atoms with van der Waals surface area (Å²) in [7, 11) is 0. The van der Waals surface area contributed by atoms with Gasteiger partial charge in [0.05, 0.1) is 22.9 Å². The monoisotopic (exact) mass is 389 g/mol. The van der Waals surface area contributed by atoms with Crippen molar-refractivity contribution in [1.82, 2.24) is 0 Å². The summed E-state index contributed by atoms with van der Waals surface area (Å²) in [5.74, 6) is -1.07. The quantitative estimate of drug-likeness (QED) is 0.489. The van der Waals surface area contributed by atoms with E-state index in [1.54, 1.807) is 24.3 Å². The summed E-state index contributed by atoms with van der Waals surface area (Å²) < 4.78 is 0. The molecule has 1 heterocycles. The van der Waals surface area contributed by atoms with Crippen LogP contribution in [0.1, 0.15) is 11.1 Å². The number of non-ortho nitro benzene ring substituents is 1. The molecule has 26 heavy (non-hydrogen) atoms. The number of hydrogen-bond donors (Lipinski definition) is 1. The maximum atomic E-state index is 11.2. The Bertz CT molecular complexity index is 961. The van der Waals surface area contributed by atoms with Crippen LogP contribution >= 0.6 is 23.8 Å². The van der Waals surface area contributed by atoms with E-state index >= 15 is 0 Å². The van der Waals surface area contributed by atoms with E-state index in [2.05, 4.69) is 4.99 Å². The first-order chi connectivity index (χ1) is 12.4. The van der Waals surface area contributed by atoms with Gasteiger partial charge in [0.1, 0.15) is 11.5 Å². The number of carbonyl (C=O) groups is 1. The molecule has 0 unspecified atom stereocenters. The number of halogens is 1. The van der Waals surface area contributed by atoms with Gasteiger partial charge >= 0.3 is 5.97 Å². The van der Waals surface area contributed by atoms with Crippen LogP contribution in [0.3, 0.4) is 0 Å². The van der Waals surface area contributed by atoms with Gasteiger partial charge in [-0.2, -0.15) is 0 Å². The molecular formula is C17H12ClN3O4S. The first-order valence-corrected chi connectivity index (χ1v) is 8.27. The lowest BCUT2D eigenvalue weighted by molar-refractivity contribution is -0.384. The molecule has 0 aliphatic carbocycles. The Morgan fingerprint density at radius 1 is 1.31 bits per heavy atom. The third-order valence-electron chi connectivity index (χ3n) is 3.83. The van der Waals surface area contributed by atoms with Gasteiger partial charge in [-0.25, -0.2) is 0 Å². The molecule has 0 saturated heterocycles. The highest BCUT2D eigenvalue weighted by atomic mass is 35.5. The van der Waals surface area contributed by atoms with Crippen molar-refractivity contribution >= 4 is 51.9 Å². The Hall–Kier alpha value is -2.84. The minimum Gasteiger partial charge on any atom is -0.480 e. The lowest BCUT2D eigenvalue weighted by Crippen LogP contribution is -2.35. The molecule has 0 fully saturated rings. The van der Waals surface area contributed by atoms with E-state index in [9.17, 15) is 20.0 Å². The van der Waals surface area contributed by atoms with E-state index < -0.39 is 10.9 Å². The standard InChI is InChI=1S/C17H12ClN3O4S/c18-13-4-2-1-3-11(13)17-12-7-10(21(24)25)5-6-14(12)20(9-16(22)23)15(26)8-19-17/h1-7H,8-9H2,(H,22,23). The van der Waals surface area contributed by atoms with Crippen LogP contribution in [-0.4, -0.2) is 39.8 Å². The predicted molar refractivity (Wildman–Crippen MR) is 103 cm³/mol. The number of anilines is 1. The molecule has 7 nitrogen and oxygen atoms in total. The second-order valence-electron chi connectivity index (χ2n) is 5.48. The number of fused-ring (bicyclic) bond motifs is 1. The van der Waals surface area contributed by atoms with E-state index in [4.69, 9.17) is 23.8 Å². The summed E-state index contributed by atoms with van der Waals surface area (Å²) >= 11 is 11.6. The maximum Gasteiger partial charge on any atom is 0.323 e. The molecule has 132 valence electrons. The molecule has 0 spiro atoms. The van der Waals surface area contributed by atoms with Crippen LogP contribution in [0.2, 0.25) is 5.02 Å². The zero-order valence-electron chi connectivity index (χ0n) is 13.3. The number of rotatable bonds is 4. The average Bonchev–Trinajstić information content (AvgIpc) is 2.72. The lowest BCUT2D eigenvalue weighted by Gasteiger charge is -2.23. The number of benzene rings is 2. The zero-order chi connectivity index (χ0) is 18.8. The summed E-state index contributed by atoms with van der Waals surface area (Å²) in [6, 6.07) is 11.1. The number of aliphatic imine (C=N–C) groups is 1. The van der Waals surface area contributed by atoms with Gasteiger partial charge in [-0.3, -0.25) is 19.9 Å². The van der Waals surface area contributed by atoms with Gasteiger partial charge in [-0.1, -0.05) is 42.0 Å². The van der Waals surface area contributed by atoms with Crippen LogP contribution in [0.4, 0.5) is 11.4 Å². The second-order valence-corrected chi connectivity index (χ2v) is 6.36.